The van der Waals surface area contributed by atoms with Crippen molar-refractivity contribution >= 4 is 17.9 Å². The minimum absolute atomic E-state index is 0.181. The number of hydrogen-bond acceptors (Lipinski definition) is 9. The summed E-state index contributed by atoms with van der Waals surface area (Å²) in [5, 5.41) is 20.5. The molecule has 4 rings (SSSR count). The third-order valence-electron chi connectivity index (χ3n) is 5.55. The second kappa shape index (κ2) is 11.6. The van der Waals surface area contributed by atoms with Gasteiger partial charge in [-0.2, -0.15) is 0 Å². The van der Waals surface area contributed by atoms with Gasteiger partial charge >= 0.3 is 17.9 Å². The molecule has 0 saturated carbocycles. The van der Waals surface area contributed by atoms with Gasteiger partial charge in [0.15, 0.2) is 24.6 Å². The van der Waals surface area contributed by atoms with Crippen molar-refractivity contribution in [1.29, 1.82) is 0 Å². The number of esters is 3. The molecular weight excluding hydrogens is 468 g/mol. The van der Waals surface area contributed by atoms with Crippen LogP contribution in [0.3, 0.4) is 0 Å². The van der Waals surface area contributed by atoms with Crippen LogP contribution in [0, 0.1) is 0 Å². The summed E-state index contributed by atoms with van der Waals surface area (Å²) in [6, 6.07) is 24.0. The number of aliphatic hydroxyl groups is 2. The lowest BCUT2D eigenvalue weighted by Gasteiger charge is -2.42. The molecule has 9 nitrogen and oxygen atoms in total. The van der Waals surface area contributed by atoms with E-state index in [1.807, 2.05) is 0 Å². The first-order chi connectivity index (χ1) is 17.5. The van der Waals surface area contributed by atoms with E-state index < -0.39 is 55.2 Å². The van der Waals surface area contributed by atoms with Crippen LogP contribution in [0.15, 0.2) is 91.0 Å². The summed E-state index contributed by atoms with van der Waals surface area (Å²) in [7, 11) is 0. The maximum absolute atomic E-state index is 12.9. The molecule has 0 aliphatic carbocycles. The largest absolute Gasteiger partial charge is 0.452 e. The summed E-state index contributed by atoms with van der Waals surface area (Å²) >= 11 is 0. The van der Waals surface area contributed by atoms with E-state index in [-0.39, 0.29) is 16.7 Å². The molecular formula is C27H24O9. The highest BCUT2D eigenvalue weighted by molar-refractivity contribution is 5.91. The van der Waals surface area contributed by atoms with Gasteiger partial charge < -0.3 is 29.2 Å². The number of hydrogen-bond donors (Lipinski definition) is 2. The van der Waals surface area contributed by atoms with Crippen molar-refractivity contribution in [3.8, 4) is 0 Å². The van der Waals surface area contributed by atoms with Crippen LogP contribution in [0.25, 0.3) is 0 Å². The topological polar surface area (TPSA) is 129 Å². The summed E-state index contributed by atoms with van der Waals surface area (Å²) in [6.07, 6.45) is -7.53. The van der Waals surface area contributed by atoms with Gasteiger partial charge in [0.25, 0.3) is 0 Å². The highest BCUT2D eigenvalue weighted by Crippen LogP contribution is 2.29. The Morgan fingerprint density at radius 3 is 1.36 bits per heavy atom. The second-order valence-electron chi connectivity index (χ2n) is 7.96. The summed E-state index contributed by atoms with van der Waals surface area (Å²) < 4.78 is 22.1. The van der Waals surface area contributed by atoms with Gasteiger partial charge in [-0.1, -0.05) is 54.6 Å². The lowest BCUT2D eigenvalue weighted by molar-refractivity contribution is -0.284. The van der Waals surface area contributed by atoms with Crippen LogP contribution in [0.5, 0.6) is 0 Å². The van der Waals surface area contributed by atoms with Crippen molar-refractivity contribution in [2.45, 2.75) is 30.7 Å². The number of rotatable bonds is 7. The van der Waals surface area contributed by atoms with Crippen LogP contribution in [-0.4, -0.2) is 65.4 Å². The van der Waals surface area contributed by atoms with E-state index in [2.05, 4.69) is 0 Å². The fourth-order valence-electron chi connectivity index (χ4n) is 3.74. The Morgan fingerprint density at radius 2 is 0.972 bits per heavy atom. The molecule has 3 aromatic carbocycles. The quantitative estimate of drug-likeness (QED) is 0.377. The van der Waals surface area contributed by atoms with Gasteiger partial charge in [0, 0.05) is 0 Å². The van der Waals surface area contributed by atoms with E-state index in [4.69, 9.17) is 18.9 Å². The second-order valence-corrected chi connectivity index (χ2v) is 7.96. The third-order valence-corrected chi connectivity index (χ3v) is 5.55. The van der Waals surface area contributed by atoms with Crippen molar-refractivity contribution in [3.63, 3.8) is 0 Å². The van der Waals surface area contributed by atoms with Crippen LogP contribution in [-0.2, 0) is 18.9 Å². The molecule has 0 amide bonds. The Hall–Kier alpha value is -4.05. The zero-order valence-corrected chi connectivity index (χ0v) is 19.0. The van der Waals surface area contributed by atoms with Crippen molar-refractivity contribution < 1.29 is 43.5 Å². The van der Waals surface area contributed by atoms with Crippen LogP contribution < -0.4 is 0 Å². The predicted molar refractivity (Wildman–Crippen MR) is 125 cm³/mol. The van der Waals surface area contributed by atoms with E-state index in [9.17, 15) is 24.6 Å². The van der Waals surface area contributed by atoms with Gasteiger partial charge in [-0.25, -0.2) is 14.4 Å². The normalized spacial score (nSPS) is 23.3. The Bertz CT molecular complexity index is 1170. The van der Waals surface area contributed by atoms with Crippen LogP contribution in [0.4, 0.5) is 0 Å². The fraction of sp³-hybridized carbons (Fsp3) is 0.222. The van der Waals surface area contributed by atoms with E-state index in [0.29, 0.717) is 0 Å². The van der Waals surface area contributed by atoms with Gasteiger partial charge in [-0.05, 0) is 36.4 Å². The number of aliphatic hydroxyl groups excluding tert-OH is 2. The van der Waals surface area contributed by atoms with E-state index in [1.165, 1.54) is 36.4 Å². The number of carbonyl (C=O) groups excluding carboxylic acids is 3. The first-order valence-electron chi connectivity index (χ1n) is 11.2. The molecule has 36 heavy (non-hydrogen) atoms. The van der Waals surface area contributed by atoms with E-state index in [1.54, 1.807) is 54.6 Å². The van der Waals surface area contributed by atoms with Gasteiger partial charge in [0.1, 0.15) is 6.10 Å². The number of carbonyl (C=O) groups is 3. The van der Waals surface area contributed by atoms with Crippen molar-refractivity contribution in [3.05, 3.63) is 108 Å². The monoisotopic (exact) mass is 492 g/mol. The lowest BCUT2D eigenvalue weighted by atomic mass is 9.98. The highest BCUT2D eigenvalue weighted by atomic mass is 16.7. The van der Waals surface area contributed by atoms with E-state index >= 15 is 0 Å². The third kappa shape index (κ3) is 5.77. The predicted octanol–water partition coefficient (Wildman–Crippen LogP) is 2.37. The van der Waals surface area contributed by atoms with Crippen molar-refractivity contribution in [1.82, 2.24) is 0 Å². The molecule has 1 unspecified atom stereocenters. The van der Waals surface area contributed by atoms with Gasteiger partial charge in [-0.15, -0.1) is 0 Å². The summed E-state index contributed by atoms with van der Waals surface area (Å²) in [5.74, 6) is -2.42. The van der Waals surface area contributed by atoms with Gasteiger partial charge in [-0.3, -0.25) is 0 Å². The molecule has 1 saturated heterocycles. The lowest BCUT2D eigenvalue weighted by Crippen LogP contribution is -2.62. The molecule has 1 heterocycles. The number of ether oxygens (including phenoxy) is 4. The van der Waals surface area contributed by atoms with E-state index in [0.717, 1.165) is 0 Å². The molecule has 2 N–H and O–H groups in total. The molecule has 186 valence electrons. The molecule has 1 fully saturated rings. The number of benzene rings is 3. The molecule has 0 bridgehead atoms. The molecule has 0 spiro atoms. The SMILES string of the molecule is O=C(O[C@H]1[C@H](OC(=O)c2ccccc2)[C@@H](OC(=O)c2ccccc2)C(O)O[C@H]1CO)c1ccccc1. The fourth-order valence-corrected chi connectivity index (χ4v) is 3.74. The molecule has 1 aliphatic heterocycles. The Balaban J connectivity index is 1.66. The van der Waals surface area contributed by atoms with Crippen LogP contribution in [0.1, 0.15) is 31.1 Å². The average molecular weight is 492 g/mol. The molecule has 1 aliphatic rings. The van der Waals surface area contributed by atoms with Crippen molar-refractivity contribution in [2.75, 3.05) is 6.61 Å². The van der Waals surface area contributed by atoms with Crippen LogP contribution in [0.2, 0.25) is 0 Å². The van der Waals surface area contributed by atoms with Crippen molar-refractivity contribution in [2.24, 2.45) is 0 Å². The molecule has 5 atom stereocenters. The smallest absolute Gasteiger partial charge is 0.338 e. The Kier molecular flexibility index (Phi) is 8.06. The molecule has 0 aromatic heterocycles. The summed E-state index contributed by atoms with van der Waals surface area (Å²) in [6.45, 7) is -0.678. The standard InChI is InChI=1S/C27H24O9/c28-16-20-21(34-24(29)17-10-4-1-5-11-17)22(35-25(30)18-12-6-2-7-13-18)23(27(32)33-20)36-26(31)19-14-8-3-9-15-19/h1-15,20-23,27-28,32H,16H2/t20-,21+,22-,23+,27?/m0/s1. The minimum atomic E-state index is -1.78. The molecule has 0 radical (unpaired) electrons. The molecule has 3 aromatic rings. The Labute approximate surface area is 206 Å². The Morgan fingerprint density at radius 1 is 0.611 bits per heavy atom. The van der Waals surface area contributed by atoms with Gasteiger partial charge in [0.05, 0.1) is 23.3 Å². The van der Waals surface area contributed by atoms with Crippen LogP contribution >= 0.6 is 0 Å². The first-order valence-corrected chi connectivity index (χ1v) is 11.2. The van der Waals surface area contributed by atoms with Gasteiger partial charge in [0.2, 0.25) is 0 Å². The average Bonchev–Trinajstić information content (AvgIpc) is 2.93. The summed E-state index contributed by atoms with van der Waals surface area (Å²) in [5.41, 5.74) is 0.562. The zero-order chi connectivity index (χ0) is 25.5. The minimum Gasteiger partial charge on any atom is -0.452 e. The zero-order valence-electron chi connectivity index (χ0n) is 19.0. The molecule has 9 heteroatoms. The highest BCUT2D eigenvalue weighted by Gasteiger charge is 2.52. The summed E-state index contributed by atoms with van der Waals surface area (Å²) in [4.78, 5) is 38.5. The maximum Gasteiger partial charge on any atom is 0.338 e. The maximum atomic E-state index is 12.9. The first kappa shape index (κ1) is 25.1.